The van der Waals surface area contributed by atoms with E-state index in [2.05, 4.69) is 26.2 Å². The van der Waals surface area contributed by atoms with E-state index in [9.17, 15) is 4.39 Å². The molecule has 2 rings (SSSR count). The van der Waals surface area contributed by atoms with Crippen molar-refractivity contribution >= 4 is 21.7 Å². The van der Waals surface area contributed by atoms with E-state index >= 15 is 0 Å². The fourth-order valence-corrected chi connectivity index (χ4v) is 1.84. The lowest BCUT2D eigenvalue weighted by atomic mass is 10.1. The maximum absolute atomic E-state index is 13.5. The van der Waals surface area contributed by atoms with Crippen molar-refractivity contribution in [1.82, 2.24) is 4.98 Å². The van der Waals surface area contributed by atoms with E-state index in [1.165, 1.54) is 11.6 Å². The average Bonchev–Trinajstić information content (AvgIpc) is 2.30. The molecule has 1 heterocycles. The van der Waals surface area contributed by atoms with Crippen molar-refractivity contribution in [3.05, 3.63) is 57.9 Å². The molecule has 0 aliphatic rings. The number of benzene rings is 1. The minimum Gasteiger partial charge on any atom is -0.364 e. The number of aromatic nitrogens is 1. The number of hydrogen-bond donors (Lipinski definition) is 1. The molecule has 0 radical (unpaired) electrons. The van der Waals surface area contributed by atoms with Gasteiger partial charge in [0.1, 0.15) is 0 Å². The summed E-state index contributed by atoms with van der Waals surface area (Å²) < 4.78 is 14.1. The molecular weight excluding hydrogens is 283 g/mol. The van der Waals surface area contributed by atoms with Gasteiger partial charge >= 0.3 is 0 Å². The van der Waals surface area contributed by atoms with Gasteiger partial charge < -0.3 is 5.32 Å². The Morgan fingerprint density at radius 1 is 1.35 bits per heavy atom. The molecule has 0 atom stereocenters. The number of aryl methyl sites for hydroxylation is 1. The van der Waals surface area contributed by atoms with E-state index in [1.807, 2.05) is 31.2 Å². The highest BCUT2D eigenvalue weighted by Crippen LogP contribution is 2.17. The van der Waals surface area contributed by atoms with Crippen molar-refractivity contribution in [2.45, 2.75) is 13.5 Å². The molecular formula is C13H12BrFN2. The smallest absolute Gasteiger partial charge is 0.166 e. The van der Waals surface area contributed by atoms with E-state index in [-0.39, 0.29) is 11.6 Å². The lowest BCUT2D eigenvalue weighted by Gasteiger charge is -2.08. The molecule has 0 unspecified atom stereocenters. The number of nitrogens with one attached hydrogen (secondary N) is 1. The van der Waals surface area contributed by atoms with Crippen LogP contribution >= 0.6 is 15.9 Å². The standard InChI is InChI=1S/C13H12BrFN2/c1-9-4-2-3-5-10(9)7-16-13-12(15)6-11(14)8-17-13/h2-6,8H,7H2,1H3,(H,16,17). The van der Waals surface area contributed by atoms with Gasteiger partial charge in [-0.2, -0.15) is 0 Å². The Morgan fingerprint density at radius 2 is 2.12 bits per heavy atom. The molecule has 0 saturated carbocycles. The van der Waals surface area contributed by atoms with Crippen molar-refractivity contribution < 1.29 is 4.39 Å². The first-order chi connectivity index (χ1) is 8.16. The van der Waals surface area contributed by atoms with Gasteiger partial charge in [-0.15, -0.1) is 0 Å². The summed E-state index contributed by atoms with van der Waals surface area (Å²) >= 11 is 3.17. The van der Waals surface area contributed by atoms with Crippen LogP contribution in [0.25, 0.3) is 0 Å². The van der Waals surface area contributed by atoms with Crippen molar-refractivity contribution in [3.8, 4) is 0 Å². The number of nitrogens with zero attached hydrogens (tertiary/aromatic N) is 1. The van der Waals surface area contributed by atoms with E-state index in [0.717, 1.165) is 5.56 Å². The second kappa shape index (κ2) is 5.27. The molecule has 2 aromatic rings. The molecule has 1 aromatic carbocycles. The highest BCUT2D eigenvalue weighted by molar-refractivity contribution is 9.10. The summed E-state index contributed by atoms with van der Waals surface area (Å²) in [5.41, 5.74) is 2.31. The van der Waals surface area contributed by atoms with Crippen molar-refractivity contribution in [2.24, 2.45) is 0 Å². The minimum atomic E-state index is -0.354. The second-order valence-electron chi connectivity index (χ2n) is 3.76. The van der Waals surface area contributed by atoms with E-state index in [1.54, 1.807) is 6.20 Å². The normalized spacial score (nSPS) is 10.3. The first-order valence-corrected chi connectivity index (χ1v) is 6.05. The fourth-order valence-electron chi connectivity index (χ4n) is 1.53. The molecule has 88 valence electrons. The van der Waals surface area contributed by atoms with Crippen LogP contribution in [0.2, 0.25) is 0 Å². The molecule has 0 aliphatic heterocycles. The third-order valence-corrected chi connectivity index (χ3v) is 2.95. The summed E-state index contributed by atoms with van der Waals surface area (Å²) in [7, 11) is 0. The Morgan fingerprint density at radius 3 is 2.82 bits per heavy atom. The zero-order valence-corrected chi connectivity index (χ0v) is 11.0. The van der Waals surface area contributed by atoms with E-state index < -0.39 is 0 Å². The molecule has 1 N–H and O–H groups in total. The van der Waals surface area contributed by atoms with Gasteiger partial charge in [0, 0.05) is 17.2 Å². The number of hydrogen-bond acceptors (Lipinski definition) is 2. The van der Waals surface area contributed by atoms with Gasteiger partial charge in [0.2, 0.25) is 0 Å². The van der Waals surface area contributed by atoms with Crippen LogP contribution in [-0.4, -0.2) is 4.98 Å². The van der Waals surface area contributed by atoms with Gasteiger partial charge in [-0.3, -0.25) is 0 Å². The zero-order valence-electron chi connectivity index (χ0n) is 9.37. The highest BCUT2D eigenvalue weighted by Gasteiger charge is 2.04. The van der Waals surface area contributed by atoms with Crippen molar-refractivity contribution in [2.75, 3.05) is 5.32 Å². The highest BCUT2D eigenvalue weighted by atomic mass is 79.9. The zero-order chi connectivity index (χ0) is 12.3. The largest absolute Gasteiger partial charge is 0.364 e. The monoisotopic (exact) mass is 294 g/mol. The van der Waals surface area contributed by atoms with Gasteiger partial charge in [0.05, 0.1) is 0 Å². The maximum Gasteiger partial charge on any atom is 0.166 e. The van der Waals surface area contributed by atoms with Crippen LogP contribution in [-0.2, 0) is 6.54 Å². The van der Waals surface area contributed by atoms with Crippen LogP contribution in [0.4, 0.5) is 10.2 Å². The van der Waals surface area contributed by atoms with Gasteiger partial charge in [0.15, 0.2) is 11.6 Å². The molecule has 0 bridgehead atoms. The Hall–Kier alpha value is -1.42. The summed E-state index contributed by atoms with van der Waals surface area (Å²) in [5, 5.41) is 2.99. The second-order valence-corrected chi connectivity index (χ2v) is 4.68. The number of pyridine rings is 1. The summed E-state index contributed by atoms with van der Waals surface area (Å²) in [5.74, 6) is -0.0792. The minimum absolute atomic E-state index is 0.274. The third kappa shape index (κ3) is 3.03. The Kier molecular flexibility index (Phi) is 3.74. The molecule has 2 nitrogen and oxygen atoms in total. The quantitative estimate of drug-likeness (QED) is 0.928. The van der Waals surface area contributed by atoms with Gasteiger partial charge in [0.25, 0.3) is 0 Å². The van der Waals surface area contributed by atoms with E-state index in [4.69, 9.17) is 0 Å². The lowest BCUT2D eigenvalue weighted by Crippen LogP contribution is -2.04. The molecule has 0 aliphatic carbocycles. The van der Waals surface area contributed by atoms with Crippen LogP contribution in [0.3, 0.4) is 0 Å². The van der Waals surface area contributed by atoms with Crippen LogP contribution in [0.1, 0.15) is 11.1 Å². The molecule has 17 heavy (non-hydrogen) atoms. The van der Waals surface area contributed by atoms with Gasteiger partial charge in [-0.25, -0.2) is 9.37 Å². The molecule has 0 fully saturated rings. The van der Waals surface area contributed by atoms with Crippen molar-refractivity contribution in [1.29, 1.82) is 0 Å². The Balaban J connectivity index is 2.10. The molecule has 4 heteroatoms. The third-order valence-electron chi connectivity index (χ3n) is 2.52. The SMILES string of the molecule is Cc1ccccc1CNc1ncc(Br)cc1F. The molecule has 0 spiro atoms. The van der Waals surface area contributed by atoms with Crippen LogP contribution in [0.15, 0.2) is 41.0 Å². The summed E-state index contributed by atoms with van der Waals surface area (Å²) in [6.45, 7) is 2.60. The predicted molar refractivity (Wildman–Crippen MR) is 70.4 cm³/mol. The molecule has 0 saturated heterocycles. The van der Waals surface area contributed by atoms with Crippen LogP contribution < -0.4 is 5.32 Å². The average molecular weight is 295 g/mol. The first-order valence-electron chi connectivity index (χ1n) is 5.26. The number of anilines is 1. The first kappa shape index (κ1) is 12.0. The summed E-state index contributed by atoms with van der Waals surface area (Å²) in [6, 6.07) is 9.39. The number of halogens is 2. The Bertz CT molecular complexity index is 529. The predicted octanol–water partition coefficient (Wildman–Crippen LogP) is 3.90. The number of rotatable bonds is 3. The topological polar surface area (TPSA) is 24.9 Å². The van der Waals surface area contributed by atoms with Crippen molar-refractivity contribution in [3.63, 3.8) is 0 Å². The fraction of sp³-hybridized carbons (Fsp3) is 0.154. The van der Waals surface area contributed by atoms with Crippen LogP contribution in [0.5, 0.6) is 0 Å². The lowest BCUT2D eigenvalue weighted by molar-refractivity contribution is 0.623. The molecule has 1 aromatic heterocycles. The summed E-state index contributed by atoms with van der Waals surface area (Å²) in [4.78, 5) is 3.99. The Labute approximate surface area is 108 Å². The van der Waals surface area contributed by atoms with Gasteiger partial charge in [-0.05, 0) is 40.0 Å². The molecule has 0 amide bonds. The van der Waals surface area contributed by atoms with E-state index in [0.29, 0.717) is 11.0 Å². The maximum atomic E-state index is 13.5. The summed E-state index contributed by atoms with van der Waals surface area (Å²) in [6.07, 6.45) is 1.57. The van der Waals surface area contributed by atoms with Crippen LogP contribution in [0, 0.1) is 12.7 Å². The van der Waals surface area contributed by atoms with Gasteiger partial charge in [-0.1, -0.05) is 24.3 Å².